The second-order valence-corrected chi connectivity index (χ2v) is 9.39. The fraction of sp³-hybridized carbons (Fsp3) is 0.538. The molecule has 0 unspecified atom stereocenters. The molecule has 0 saturated carbocycles. The van der Waals surface area contributed by atoms with Crippen molar-refractivity contribution in [1.82, 2.24) is 20.1 Å². The Hall–Kier alpha value is -2.80. The van der Waals surface area contributed by atoms with E-state index in [0.29, 0.717) is 29.5 Å². The van der Waals surface area contributed by atoms with E-state index in [1.54, 1.807) is 7.11 Å². The van der Waals surface area contributed by atoms with Crippen LogP contribution in [-0.4, -0.2) is 66.9 Å². The maximum Gasteiger partial charge on any atom is 0.267 e. The molecular weight excluding hydrogens is 416 g/mol. The molecule has 2 aliphatic rings. The fourth-order valence-electron chi connectivity index (χ4n) is 4.92. The number of piperidine rings is 1. The lowest BCUT2D eigenvalue weighted by Crippen LogP contribution is -2.38. The molecule has 1 saturated heterocycles. The number of H-pyrrole nitrogens is 1. The number of nitrogens with one attached hydrogen (secondary N) is 2. The second kappa shape index (κ2) is 10.9. The first kappa shape index (κ1) is 23.4. The average molecular weight is 453 g/mol. The van der Waals surface area contributed by atoms with Crippen molar-refractivity contribution in [2.24, 2.45) is 5.92 Å². The standard InChI is InChI=1S/C26H36N4O3/c1-29-13-11-23-21(18-29)17-24(28-23)25(31)27-12-4-3-6-19-9-14-30(15-10-19)26(32)20-7-5-8-22(16-20)33-2/h5,7-8,16-17,19,28H,3-4,6,9-15,18H2,1-2H3,(H,27,31). The summed E-state index contributed by atoms with van der Waals surface area (Å²) < 4.78 is 5.24. The maximum absolute atomic E-state index is 12.8. The molecule has 7 nitrogen and oxygen atoms in total. The predicted molar refractivity (Wildman–Crippen MR) is 129 cm³/mol. The number of amides is 2. The number of aromatic nitrogens is 1. The normalized spacial score (nSPS) is 17.0. The van der Waals surface area contributed by atoms with E-state index < -0.39 is 0 Å². The predicted octanol–water partition coefficient (Wildman–Crippen LogP) is 3.46. The molecule has 0 aliphatic carbocycles. The number of benzene rings is 1. The monoisotopic (exact) mass is 452 g/mol. The van der Waals surface area contributed by atoms with Gasteiger partial charge in [0, 0.05) is 50.4 Å². The molecule has 1 aromatic heterocycles. The Morgan fingerprint density at radius 3 is 2.76 bits per heavy atom. The SMILES string of the molecule is COc1cccc(C(=O)N2CCC(CCCCNC(=O)c3cc4c([nH]3)CCN(C)C4)CC2)c1. The van der Waals surface area contributed by atoms with E-state index in [-0.39, 0.29) is 11.8 Å². The van der Waals surface area contributed by atoms with Crippen LogP contribution in [0.15, 0.2) is 30.3 Å². The molecule has 33 heavy (non-hydrogen) atoms. The summed E-state index contributed by atoms with van der Waals surface area (Å²) >= 11 is 0. The Balaban J connectivity index is 1.12. The van der Waals surface area contributed by atoms with Crippen LogP contribution in [0, 0.1) is 5.92 Å². The number of carbonyl (C=O) groups excluding carboxylic acids is 2. The molecule has 1 aromatic carbocycles. The quantitative estimate of drug-likeness (QED) is 0.602. The van der Waals surface area contributed by atoms with Crippen LogP contribution in [0.25, 0.3) is 0 Å². The number of rotatable bonds is 8. The van der Waals surface area contributed by atoms with Crippen LogP contribution < -0.4 is 10.1 Å². The van der Waals surface area contributed by atoms with E-state index in [1.807, 2.05) is 35.2 Å². The van der Waals surface area contributed by atoms with E-state index in [1.165, 1.54) is 11.3 Å². The van der Waals surface area contributed by atoms with Gasteiger partial charge in [-0.25, -0.2) is 0 Å². The number of likely N-dealkylation sites (N-methyl/N-ethyl adjacent to an activating group) is 1. The van der Waals surface area contributed by atoms with Crippen molar-refractivity contribution < 1.29 is 14.3 Å². The lowest BCUT2D eigenvalue weighted by atomic mass is 9.91. The van der Waals surface area contributed by atoms with Crippen molar-refractivity contribution in [1.29, 1.82) is 0 Å². The average Bonchev–Trinajstić information content (AvgIpc) is 3.27. The molecule has 3 heterocycles. The molecule has 0 spiro atoms. The van der Waals surface area contributed by atoms with Gasteiger partial charge in [-0.15, -0.1) is 0 Å². The minimum absolute atomic E-state index is 0.00332. The summed E-state index contributed by atoms with van der Waals surface area (Å²) in [5, 5.41) is 3.06. The van der Waals surface area contributed by atoms with Gasteiger partial charge < -0.3 is 24.8 Å². The molecule has 2 aromatic rings. The van der Waals surface area contributed by atoms with Gasteiger partial charge in [-0.05, 0) is 62.1 Å². The van der Waals surface area contributed by atoms with Crippen molar-refractivity contribution in [3.05, 3.63) is 52.8 Å². The molecule has 0 atom stereocenters. The molecule has 4 rings (SSSR count). The summed E-state index contributed by atoms with van der Waals surface area (Å²) in [4.78, 5) is 32.8. The lowest BCUT2D eigenvalue weighted by Gasteiger charge is -2.32. The second-order valence-electron chi connectivity index (χ2n) is 9.39. The molecule has 2 aliphatic heterocycles. The van der Waals surface area contributed by atoms with Crippen LogP contribution in [0.2, 0.25) is 0 Å². The molecule has 178 valence electrons. The zero-order chi connectivity index (χ0) is 23.2. The van der Waals surface area contributed by atoms with Gasteiger partial charge in [0.05, 0.1) is 7.11 Å². The number of fused-ring (bicyclic) bond motifs is 1. The highest BCUT2D eigenvalue weighted by Gasteiger charge is 2.24. The van der Waals surface area contributed by atoms with Crippen LogP contribution >= 0.6 is 0 Å². The Morgan fingerprint density at radius 2 is 1.97 bits per heavy atom. The summed E-state index contributed by atoms with van der Waals surface area (Å²) in [5.41, 5.74) is 3.82. The smallest absolute Gasteiger partial charge is 0.267 e. The zero-order valence-corrected chi connectivity index (χ0v) is 19.9. The van der Waals surface area contributed by atoms with Crippen LogP contribution in [0.1, 0.15) is 64.2 Å². The van der Waals surface area contributed by atoms with Gasteiger partial charge in [0.2, 0.25) is 0 Å². The van der Waals surface area contributed by atoms with E-state index in [0.717, 1.165) is 64.7 Å². The van der Waals surface area contributed by atoms with E-state index in [2.05, 4.69) is 22.2 Å². The van der Waals surface area contributed by atoms with Gasteiger partial charge in [-0.2, -0.15) is 0 Å². The Bertz CT molecular complexity index is 962. The fourth-order valence-corrected chi connectivity index (χ4v) is 4.92. The third-order valence-electron chi connectivity index (χ3n) is 6.96. The van der Waals surface area contributed by atoms with Crippen LogP contribution in [-0.2, 0) is 13.0 Å². The summed E-state index contributed by atoms with van der Waals surface area (Å²) in [6.07, 6.45) is 6.30. The third-order valence-corrected chi connectivity index (χ3v) is 6.96. The van der Waals surface area contributed by atoms with E-state index in [4.69, 9.17) is 4.74 Å². The Kier molecular flexibility index (Phi) is 7.70. The number of methoxy groups -OCH3 is 1. The first-order valence-corrected chi connectivity index (χ1v) is 12.1. The number of aromatic amines is 1. The number of likely N-dealkylation sites (tertiary alicyclic amines) is 1. The van der Waals surface area contributed by atoms with E-state index in [9.17, 15) is 9.59 Å². The molecule has 7 heteroatoms. The Labute approximate surface area is 196 Å². The van der Waals surface area contributed by atoms with Crippen LogP contribution in [0.3, 0.4) is 0 Å². The molecule has 1 fully saturated rings. The van der Waals surface area contributed by atoms with E-state index >= 15 is 0 Å². The lowest BCUT2D eigenvalue weighted by molar-refractivity contribution is 0.0685. The number of ether oxygens (including phenoxy) is 1. The number of hydrogen-bond donors (Lipinski definition) is 2. The third kappa shape index (κ3) is 5.96. The van der Waals surface area contributed by atoms with Gasteiger partial charge >= 0.3 is 0 Å². The van der Waals surface area contributed by atoms with Gasteiger partial charge in [-0.1, -0.05) is 18.9 Å². The number of carbonyl (C=O) groups is 2. The van der Waals surface area contributed by atoms with Crippen molar-refractivity contribution in [3.63, 3.8) is 0 Å². The topological polar surface area (TPSA) is 77.7 Å². The largest absolute Gasteiger partial charge is 0.497 e. The summed E-state index contributed by atoms with van der Waals surface area (Å²) in [6, 6.07) is 9.38. The summed E-state index contributed by atoms with van der Waals surface area (Å²) in [7, 11) is 3.73. The summed E-state index contributed by atoms with van der Waals surface area (Å²) in [6.45, 7) is 4.26. The van der Waals surface area contributed by atoms with Crippen LogP contribution in [0.5, 0.6) is 5.75 Å². The molecular formula is C26H36N4O3. The first-order chi connectivity index (χ1) is 16.0. The van der Waals surface area contributed by atoms with Crippen molar-refractivity contribution in [2.45, 2.75) is 45.1 Å². The zero-order valence-electron chi connectivity index (χ0n) is 19.9. The minimum atomic E-state index is -0.00332. The van der Waals surface area contributed by atoms with Gasteiger partial charge in [0.1, 0.15) is 11.4 Å². The van der Waals surface area contributed by atoms with Gasteiger partial charge in [-0.3, -0.25) is 9.59 Å². The van der Waals surface area contributed by atoms with Crippen molar-refractivity contribution >= 4 is 11.8 Å². The number of hydrogen-bond acceptors (Lipinski definition) is 4. The minimum Gasteiger partial charge on any atom is -0.497 e. The molecule has 0 radical (unpaired) electrons. The first-order valence-electron chi connectivity index (χ1n) is 12.1. The van der Waals surface area contributed by atoms with Gasteiger partial charge in [0.15, 0.2) is 0 Å². The van der Waals surface area contributed by atoms with Crippen molar-refractivity contribution in [3.8, 4) is 5.75 Å². The molecule has 0 bridgehead atoms. The summed E-state index contributed by atoms with van der Waals surface area (Å²) in [5.74, 6) is 1.46. The highest BCUT2D eigenvalue weighted by Crippen LogP contribution is 2.24. The number of unbranched alkanes of at least 4 members (excludes halogenated alkanes) is 1. The molecule has 2 N–H and O–H groups in total. The molecule has 2 amide bonds. The Morgan fingerprint density at radius 1 is 1.15 bits per heavy atom. The van der Waals surface area contributed by atoms with Crippen molar-refractivity contribution in [2.75, 3.05) is 40.3 Å². The van der Waals surface area contributed by atoms with Crippen LogP contribution in [0.4, 0.5) is 0 Å². The highest BCUT2D eigenvalue weighted by atomic mass is 16.5. The number of nitrogens with zero attached hydrogens (tertiary/aromatic N) is 2. The highest BCUT2D eigenvalue weighted by molar-refractivity contribution is 5.94. The maximum atomic E-state index is 12.8. The van der Waals surface area contributed by atoms with Gasteiger partial charge in [0.25, 0.3) is 11.8 Å².